The van der Waals surface area contributed by atoms with Gasteiger partial charge in [0.2, 0.25) is 0 Å². The molecule has 0 radical (unpaired) electrons. The zero-order valence-corrected chi connectivity index (χ0v) is 19.7. The van der Waals surface area contributed by atoms with Gasteiger partial charge in [0.25, 0.3) is 0 Å². The number of rotatable bonds is 7. The number of esters is 1. The summed E-state index contributed by atoms with van der Waals surface area (Å²) in [7, 11) is 0. The Morgan fingerprint density at radius 1 is 1.28 bits per heavy atom. The molecular formula is C25H29N3O3S. The molecule has 0 spiro atoms. The van der Waals surface area contributed by atoms with Crippen molar-refractivity contribution in [3.63, 3.8) is 0 Å². The highest BCUT2D eigenvalue weighted by molar-refractivity contribution is 7.10. The molecule has 0 amide bonds. The summed E-state index contributed by atoms with van der Waals surface area (Å²) in [4.78, 5) is 19.0. The van der Waals surface area contributed by atoms with Crippen LogP contribution in [0.25, 0.3) is 22.5 Å². The Labute approximate surface area is 192 Å². The number of benzene rings is 1. The Morgan fingerprint density at radius 2 is 2.03 bits per heavy atom. The Balaban J connectivity index is 1.41. The van der Waals surface area contributed by atoms with Crippen LogP contribution in [0.15, 0.2) is 51.9 Å². The zero-order chi connectivity index (χ0) is 22.5. The highest BCUT2D eigenvalue weighted by Gasteiger charge is 2.25. The quantitative estimate of drug-likeness (QED) is 0.351. The molecule has 7 heteroatoms. The van der Waals surface area contributed by atoms with E-state index in [1.807, 2.05) is 51.1 Å². The van der Waals surface area contributed by atoms with Crippen molar-refractivity contribution in [1.29, 1.82) is 0 Å². The Morgan fingerprint density at radius 3 is 2.75 bits per heavy atom. The summed E-state index contributed by atoms with van der Waals surface area (Å²) < 4.78 is 10.5. The van der Waals surface area contributed by atoms with Crippen LogP contribution in [-0.2, 0) is 9.53 Å². The molecule has 4 rings (SSSR count). The van der Waals surface area contributed by atoms with Gasteiger partial charge in [-0.15, -0.1) is 11.3 Å². The molecule has 6 nitrogen and oxygen atoms in total. The van der Waals surface area contributed by atoms with Crippen molar-refractivity contribution in [3.8, 4) is 22.5 Å². The SMILES string of the molecule is CCOC(=O)/C=C(\C)CN1CCC(c2nc(-c3c(-c4ccccc4)noc3C)cs2)CC1. The minimum atomic E-state index is -0.255. The molecule has 1 aliphatic heterocycles. The molecule has 0 saturated carbocycles. The predicted molar refractivity (Wildman–Crippen MR) is 127 cm³/mol. The van der Waals surface area contributed by atoms with Crippen molar-refractivity contribution in [2.24, 2.45) is 0 Å². The molecule has 1 fully saturated rings. The average molecular weight is 452 g/mol. The maximum absolute atomic E-state index is 11.6. The predicted octanol–water partition coefficient (Wildman–Crippen LogP) is 5.46. The van der Waals surface area contributed by atoms with Crippen LogP contribution >= 0.6 is 11.3 Å². The third-order valence-corrected chi connectivity index (χ3v) is 6.76. The van der Waals surface area contributed by atoms with Gasteiger partial charge >= 0.3 is 5.97 Å². The van der Waals surface area contributed by atoms with Crippen LogP contribution in [0.5, 0.6) is 0 Å². The van der Waals surface area contributed by atoms with E-state index in [4.69, 9.17) is 14.2 Å². The van der Waals surface area contributed by atoms with E-state index in [9.17, 15) is 4.79 Å². The van der Waals surface area contributed by atoms with Gasteiger partial charge in [-0.2, -0.15) is 0 Å². The fraction of sp³-hybridized carbons (Fsp3) is 0.400. The van der Waals surface area contributed by atoms with Crippen molar-refractivity contribution in [3.05, 3.63) is 58.1 Å². The van der Waals surface area contributed by atoms with E-state index in [0.29, 0.717) is 12.5 Å². The number of likely N-dealkylation sites (tertiary alicyclic amines) is 1. The summed E-state index contributed by atoms with van der Waals surface area (Å²) >= 11 is 1.72. The lowest BCUT2D eigenvalue weighted by Crippen LogP contribution is -2.34. The van der Waals surface area contributed by atoms with Crippen molar-refractivity contribution in [2.45, 2.75) is 39.5 Å². The maximum atomic E-state index is 11.6. The van der Waals surface area contributed by atoms with E-state index >= 15 is 0 Å². The first-order valence-corrected chi connectivity index (χ1v) is 12.0. The van der Waals surface area contributed by atoms with E-state index in [0.717, 1.165) is 66.3 Å². The van der Waals surface area contributed by atoms with E-state index in [-0.39, 0.29) is 5.97 Å². The lowest BCUT2D eigenvalue weighted by Gasteiger charge is -2.31. The molecule has 1 aliphatic rings. The highest BCUT2D eigenvalue weighted by Crippen LogP contribution is 2.37. The number of hydrogen-bond donors (Lipinski definition) is 0. The van der Waals surface area contributed by atoms with Crippen LogP contribution in [0.4, 0.5) is 0 Å². The normalized spacial score (nSPS) is 15.8. The summed E-state index contributed by atoms with van der Waals surface area (Å²) in [5, 5.41) is 7.60. The molecule has 168 valence electrons. The van der Waals surface area contributed by atoms with Gasteiger partial charge in [-0.3, -0.25) is 4.90 Å². The van der Waals surface area contributed by atoms with Crippen molar-refractivity contribution in [1.82, 2.24) is 15.0 Å². The summed E-state index contributed by atoms with van der Waals surface area (Å²) in [5.74, 6) is 0.994. The topological polar surface area (TPSA) is 68.5 Å². The maximum Gasteiger partial charge on any atom is 0.330 e. The highest BCUT2D eigenvalue weighted by atomic mass is 32.1. The second kappa shape index (κ2) is 10.2. The molecular weight excluding hydrogens is 422 g/mol. The van der Waals surface area contributed by atoms with Gasteiger partial charge in [-0.25, -0.2) is 9.78 Å². The van der Waals surface area contributed by atoms with E-state index in [1.165, 1.54) is 5.01 Å². The van der Waals surface area contributed by atoms with Gasteiger partial charge in [-0.05, 0) is 46.7 Å². The van der Waals surface area contributed by atoms with E-state index in [1.54, 1.807) is 17.4 Å². The molecule has 0 bridgehead atoms. The second-order valence-corrected chi connectivity index (χ2v) is 9.08. The first kappa shape index (κ1) is 22.4. The lowest BCUT2D eigenvalue weighted by atomic mass is 9.97. The van der Waals surface area contributed by atoms with Crippen molar-refractivity contribution in [2.75, 3.05) is 26.2 Å². The van der Waals surface area contributed by atoms with Crippen LogP contribution in [0.3, 0.4) is 0 Å². The number of aromatic nitrogens is 2. The standard InChI is InChI=1S/C25H29N3O3S/c1-4-30-22(29)14-17(2)15-28-12-10-20(11-13-28)25-26-21(16-32-25)23-18(3)31-27-24(23)19-8-6-5-7-9-19/h5-9,14,16,20H,4,10-13,15H2,1-3H3/b17-14+. The summed E-state index contributed by atoms with van der Waals surface area (Å²) in [6.07, 6.45) is 3.73. The Hall–Kier alpha value is -2.77. The van der Waals surface area contributed by atoms with Gasteiger partial charge in [-0.1, -0.05) is 41.1 Å². The van der Waals surface area contributed by atoms with Gasteiger partial charge in [0.1, 0.15) is 11.5 Å². The van der Waals surface area contributed by atoms with Crippen LogP contribution in [0.2, 0.25) is 0 Å². The summed E-state index contributed by atoms with van der Waals surface area (Å²) in [6.45, 7) is 8.95. The third kappa shape index (κ3) is 5.16. The Bertz CT molecular complexity index is 1080. The van der Waals surface area contributed by atoms with Crippen molar-refractivity contribution >= 4 is 17.3 Å². The first-order valence-electron chi connectivity index (χ1n) is 11.1. The van der Waals surface area contributed by atoms with Gasteiger partial charge in [0, 0.05) is 29.5 Å². The fourth-order valence-corrected chi connectivity index (χ4v) is 5.16. The minimum Gasteiger partial charge on any atom is -0.463 e. The number of carbonyl (C=O) groups is 1. The molecule has 1 aromatic carbocycles. The van der Waals surface area contributed by atoms with Crippen LogP contribution < -0.4 is 0 Å². The van der Waals surface area contributed by atoms with E-state index < -0.39 is 0 Å². The molecule has 2 aromatic heterocycles. The van der Waals surface area contributed by atoms with Gasteiger partial charge in [0.05, 0.1) is 22.9 Å². The number of ether oxygens (including phenoxy) is 1. The minimum absolute atomic E-state index is 0.255. The average Bonchev–Trinajstić information content (AvgIpc) is 3.41. The number of hydrogen-bond acceptors (Lipinski definition) is 7. The smallest absolute Gasteiger partial charge is 0.330 e. The third-order valence-electron chi connectivity index (χ3n) is 5.75. The molecule has 1 saturated heterocycles. The zero-order valence-electron chi connectivity index (χ0n) is 18.8. The molecule has 3 aromatic rings. The number of nitrogens with zero attached hydrogens (tertiary/aromatic N) is 3. The van der Waals surface area contributed by atoms with Crippen molar-refractivity contribution < 1.29 is 14.1 Å². The van der Waals surface area contributed by atoms with Crippen LogP contribution in [0, 0.1) is 6.92 Å². The number of aryl methyl sites for hydroxylation is 1. The van der Waals surface area contributed by atoms with Gasteiger partial charge < -0.3 is 9.26 Å². The number of thiazole rings is 1. The second-order valence-electron chi connectivity index (χ2n) is 8.19. The van der Waals surface area contributed by atoms with Crippen LogP contribution in [-0.4, -0.2) is 47.3 Å². The summed E-state index contributed by atoms with van der Waals surface area (Å²) in [6, 6.07) is 10.1. The molecule has 0 aliphatic carbocycles. The molecule has 32 heavy (non-hydrogen) atoms. The molecule has 0 atom stereocenters. The lowest BCUT2D eigenvalue weighted by molar-refractivity contribution is -0.137. The molecule has 0 N–H and O–H groups in total. The van der Waals surface area contributed by atoms with E-state index in [2.05, 4.69) is 15.4 Å². The Kier molecular flexibility index (Phi) is 7.17. The first-order chi connectivity index (χ1) is 15.5. The fourth-order valence-electron chi connectivity index (χ4n) is 4.18. The molecule has 0 unspecified atom stereocenters. The number of carbonyl (C=O) groups excluding carboxylic acids is 1. The van der Waals surface area contributed by atoms with Crippen LogP contribution in [0.1, 0.15) is 43.4 Å². The summed E-state index contributed by atoms with van der Waals surface area (Å²) in [5.41, 5.74) is 4.84. The largest absolute Gasteiger partial charge is 0.463 e. The number of piperidine rings is 1. The molecule has 3 heterocycles. The monoisotopic (exact) mass is 451 g/mol. The van der Waals surface area contributed by atoms with Gasteiger partial charge in [0.15, 0.2) is 0 Å².